The van der Waals surface area contributed by atoms with Gasteiger partial charge < -0.3 is 25.3 Å². The normalized spacial score (nSPS) is 11.5. The highest BCUT2D eigenvalue weighted by Crippen LogP contribution is 2.31. The summed E-state index contributed by atoms with van der Waals surface area (Å²) in [4.78, 5) is 38.4. The molecule has 0 aliphatic rings. The van der Waals surface area contributed by atoms with E-state index in [1.807, 2.05) is 0 Å². The molecule has 0 bridgehead atoms. The lowest BCUT2D eigenvalue weighted by Gasteiger charge is -2.13. The standard InChI is InChI=1S/C32H32ClF3N4O4/c1-19(2)29(41)37-18-20-8-10-26(33)25(14-20)30(42)38-24-9-11-27-21(15-24)16-28(40(27)12-5-13-44-3)31(43)39-23-7-4-6-22(17-23)32(34,35)36/h4,6-11,14-17,19H,5,12-13,18H2,1-3H3,(H,37,41)(H,38,42)(H,39,43). The van der Waals surface area contributed by atoms with E-state index in [1.165, 1.54) is 12.1 Å². The third-order valence-electron chi connectivity index (χ3n) is 6.84. The van der Waals surface area contributed by atoms with Crippen molar-refractivity contribution < 1.29 is 32.3 Å². The number of carbonyl (C=O) groups excluding carboxylic acids is 3. The number of nitrogens with zero attached hydrogens (tertiary/aromatic N) is 1. The van der Waals surface area contributed by atoms with Gasteiger partial charge in [0.15, 0.2) is 0 Å². The zero-order valence-corrected chi connectivity index (χ0v) is 25.1. The van der Waals surface area contributed by atoms with Crippen LogP contribution in [-0.4, -0.2) is 36.0 Å². The van der Waals surface area contributed by atoms with Gasteiger partial charge in [0.2, 0.25) is 5.91 Å². The lowest BCUT2D eigenvalue weighted by molar-refractivity contribution is -0.137. The van der Waals surface area contributed by atoms with Crippen molar-refractivity contribution in [1.29, 1.82) is 0 Å². The van der Waals surface area contributed by atoms with Crippen molar-refractivity contribution in [2.24, 2.45) is 5.92 Å². The van der Waals surface area contributed by atoms with E-state index in [0.29, 0.717) is 41.7 Å². The van der Waals surface area contributed by atoms with Crippen LogP contribution in [0.1, 0.15) is 52.2 Å². The van der Waals surface area contributed by atoms with Crippen LogP contribution in [0.4, 0.5) is 24.5 Å². The molecular formula is C32H32ClF3N4O4. The molecule has 0 saturated carbocycles. The molecule has 3 N–H and O–H groups in total. The number of nitrogens with one attached hydrogen (secondary N) is 3. The molecule has 0 aliphatic heterocycles. The molecule has 0 radical (unpaired) electrons. The summed E-state index contributed by atoms with van der Waals surface area (Å²) in [5.74, 6) is -1.34. The minimum absolute atomic E-state index is 0.00866. The van der Waals surface area contributed by atoms with E-state index in [4.69, 9.17) is 16.3 Å². The SMILES string of the molecule is COCCCn1c(C(=O)Nc2cccc(C(F)(F)F)c2)cc2cc(NC(=O)c3cc(CNC(=O)C(C)C)ccc3Cl)ccc21. The van der Waals surface area contributed by atoms with E-state index in [1.54, 1.807) is 68.0 Å². The molecule has 0 fully saturated rings. The third kappa shape index (κ3) is 7.97. The maximum atomic E-state index is 13.3. The molecule has 0 spiro atoms. The molecule has 232 valence electrons. The summed E-state index contributed by atoms with van der Waals surface area (Å²) in [6, 6.07) is 16.1. The minimum atomic E-state index is -4.55. The fraction of sp³-hybridized carbons (Fsp3) is 0.281. The van der Waals surface area contributed by atoms with Gasteiger partial charge >= 0.3 is 6.18 Å². The zero-order chi connectivity index (χ0) is 32.0. The summed E-state index contributed by atoms with van der Waals surface area (Å²) >= 11 is 6.32. The van der Waals surface area contributed by atoms with Gasteiger partial charge in [0.25, 0.3) is 11.8 Å². The van der Waals surface area contributed by atoms with Crippen LogP contribution in [-0.2, 0) is 28.8 Å². The second-order valence-corrected chi connectivity index (χ2v) is 10.9. The Morgan fingerprint density at radius 3 is 2.36 bits per heavy atom. The number of methoxy groups -OCH3 is 1. The molecule has 12 heteroatoms. The highest BCUT2D eigenvalue weighted by atomic mass is 35.5. The van der Waals surface area contributed by atoms with Crippen molar-refractivity contribution in [2.45, 2.75) is 39.5 Å². The maximum absolute atomic E-state index is 13.3. The van der Waals surface area contributed by atoms with E-state index in [0.717, 1.165) is 12.1 Å². The fourth-order valence-electron chi connectivity index (χ4n) is 4.56. The lowest BCUT2D eigenvalue weighted by Crippen LogP contribution is -2.27. The number of benzene rings is 3. The predicted octanol–water partition coefficient (Wildman–Crippen LogP) is 7.13. The van der Waals surface area contributed by atoms with Gasteiger partial charge in [-0.3, -0.25) is 14.4 Å². The number of hydrogen-bond donors (Lipinski definition) is 3. The van der Waals surface area contributed by atoms with E-state index in [2.05, 4.69) is 16.0 Å². The smallest absolute Gasteiger partial charge is 0.385 e. The van der Waals surface area contributed by atoms with Gasteiger partial charge in [0.05, 0.1) is 16.1 Å². The van der Waals surface area contributed by atoms with Crippen molar-refractivity contribution >= 4 is 51.6 Å². The average molecular weight is 629 g/mol. The Bertz CT molecular complexity index is 1680. The van der Waals surface area contributed by atoms with E-state index < -0.39 is 23.6 Å². The quantitative estimate of drug-likeness (QED) is 0.154. The Morgan fingerprint density at radius 2 is 1.66 bits per heavy atom. The van der Waals surface area contributed by atoms with E-state index in [-0.39, 0.29) is 40.3 Å². The number of amides is 3. The summed E-state index contributed by atoms with van der Waals surface area (Å²) in [5.41, 5.74) is 1.42. The maximum Gasteiger partial charge on any atom is 0.416 e. The van der Waals surface area contributed by atoms with Crippen LogP contribution in [0, 0.1) is 5.92 Å². The third-order valence-corrected chi connectivity index (χ3v) is 7.17. The lowest BCUT2D eigenvalue weighted by atomic mass is 10.1. The van der Waals surface area contributed by atoms with Crippen LogP contribution in [0.25, 0.3) is 10.9 Å². The first-order chi connectivity index (χ1) is 20.9. The molecule has 0 aliphatic carbocycles. The van der Waals surface area contributed by atoms with Gasteiger partial charge in [-0.25, -0.2) is 0 Å². The molecule has 1 aromatic heterocycles. The van der Waals surface area contributed by atoms with Gasteiger partial charge in [0.1, 0.15) is 5.69 Å². The van der Waals surface area contributed by atoms with Crippen LogP contribution in [0.5, 0.6) is 0 Å². The summed E-state index contributed by atoms with van der Waals surface area (Å²) < 4.78 is 46.5. The molecular weight excluding hydrogens is 597 g/mol. The van der Waals surface area contributed by atoms with Gasteiger partial charge in [-0.2, -0.15) is 13.2 Å². The Balaban J connectivity index is 1.59. The van der Waals surface area contributed by atoms with E-state index in [9.17, 15) is 27.6 Å². The Kier molecular flexibility index (Phi) is 10.3. The number of halogens is 4. The molecule has 0 unspecified atom stereocenters. The summed E-state index contributed by atoms with van der Waals surface area (Å²) in [5, 5.41) is 9.06. The number of ether oxygens (including phenoxy) is 1. The Hall–Kier alpha value is -4.35. The number of aryl methyl sites for hydroxylation is 1. The first-order valence-electron chi connectivity index (χ1n) is 13.9. The van der Waals surface area contributed by atoms with Crippen LogP contribution >= 0.6 is 11.6 Å². The van der Waals surface area contributed by atoms with Crippen LogP contribution < -0.4 is 16.0 Å². The number of carbonyl (C=O) groups is 3. The van der Waals surface area contributed by atoms with Gasteiger partial charge in [-0.1, -0.05) is 37.6 Å². The van der Waals surface area contributed by atoms with Crippen molar-refractivity contribution in [2.75, 3.05) is 24.4 Å². The highest BCUT2D eigenvalue weighted by molar-refractivity contribution is 6.34. The second-order valence-electron chi connectivity index (χ2n) is 10.5. The first kappa shape index (κ1) is 32.6. The monoisotopic (exact) mass is 628 g/mol. The fourth-order valence-corrected chi connectivity index (χ4v) is 4.76. The molecule has 0 atom stereocenters. The molecule has 1 heterocycles. The molecule has 3 amide bonds. The van der Waals surface area contributed by atoms with Crippen molar-refractivity contribution in [3.05, 3.63) is 94.1 Å². The summed E-state index contributed by atoms with van der Waals surface area (Å²) in [6.45, 7) is 4.65. The topological polar surface area (TPSA) is 101 Å². The minimum Gasteiger partial charge on any atom is -0.385 e. The second kappa shape index (κ2) is 14.0. The number of aromatic nitrogens is 1. The van der Waals surface area contributed by atoms with Crippen LogP contribution in [0.2, 0.25) is 5.02 Å². The number of alkyl halides is 3. The average Bonchev–Trinajstić information content (AvgIpc) is 3.34. The number of anilines is 2. The largest absolute Gasteiger partial charge is 0.416 e. The van der Waals surface area contributed by atoms with Crippen molar-refractivity contribution in [3.8, 4) is 0 Å². The van der Waals surface area contributed by atoms with E-state index >= 15 is 0 Å². The van der Waals surface area contributed by atoms with Crippen LogP contribution in [0.15, 0.2) is 66.7 Å². The molecule has 44 heavy (non-hydrogen) atoms. The number of hydrogen-bond acceptors (Lipinski definition) is 4. The van der Waals surface area contributed by atoms with Crippen molar-refractivity contribution in [3.63, 3.8) is 0 Å². The molecule has 0 saturated heterocycles. The summed E-state index contributed by atoms with van der Waals surface area (Å²) in [6.07, 6.45) is -3.97. The van der Waals surface area contributed by atoms with Gasteiger partial charge in [-0.15, -0.1) is 0 Å². The molecule has 4 aromatic rings. The molecule has 3 aromatic carbocycles. The summed E-state index contributed by atoms with van der Waals surface area (Å²) in [7, 11) is 1.56. The molecule has 4 rings (SSSR count). The first-order valence-corrected chi connectivity index (χ1v) is 14.2. The number of rotatable bonds is 11. The zero-order valence-electron chi connectivity index (χ0n) is 24.3. The van der Waals surface area contributed by atoms with Crippen LogP contribution in [0.3, 0.4) is 0 Å². The Labute approximate surface area is 257 Å². The van der Waals surface area contributed by atoms with Gasteiger partial charge in [-0.05, 0) is 66.6 Å². The number of fused-ring (bicyclic) bond motifs is 1. The molecule has 8 nitrogen and oxygen atoms in total. The van der Waals surface area contributed by atoms with Crippen molar-refractivity contribution in [1.82, 2.24) is 9.88 Å². The highest BCUT2D eigenvalue weighted by Gasteiger charge is 2.30. The Morgan fingerprint density at radius 1 is 0.932 bits per heavy atom. The predicted molar refractivity (Wildman–Crippen MR) is 164 cm³/mol. The van der Waals surface area contributed by atoms with Gasteiger partial charge in [0, 0.05) is 55.0 Å².